The Bertz CT molecular complexity index is 2890. The minimum absolute atomic E-state index is 0.0917. The van der Waals surface area contributed by atoms with Crippen LogP contribution in [0.15, 0.2) is 131 Å². The maximum absolute atomic E-state index is 14.2. The first kappa shape index (κ1) is 49.5. The number of thioether (sulfide) groups is 1. The zero-order valence-electron chi connectivity index (χ0n) is 40.4. The molecule has 3 aliphatic rings. The van der Waals surface area contributed by atoms with Gasteiger partial charge in [0.15, 0.2) is 0 Å². The molecule has 0 spiro atoms. The smallest absolute Gasteiger partial charge is 0.261 e. The highest BCUT2D eigenvalue weighted by Crippen LogP contribution is 2.42. The summed E-state index contributed by atoms with van der Waals surface area (Å²) in [5.74, 6) is 0.769. The van der Waals surface area contributed by atoms with Crippen molar-refractivity contribution in [3.63, 3.8) is 0 Å². The van der Waals surface area contributed by atoms with Gasteiger partial charge in [0.25, 0.3) is 15.9 Å². The number of halogens is 1. The van der Waals surface area contributed by atoms with Gasteiger partial charge in [-0.25, -0.2) is 8.42 Å². The number of hydrogen-bond donors (Lipinski definition) is 4. The summed E-state index contributed by atoms with van der Waals surface area (Å²) in [5.41, 5.74) is 8.63. The average molecular weight is 1000 g/mol. The van der Waals surface area contributed by atoms with Crippen molar-refractivity contribution in [3.8, 4) is 22.4 Å². The largest absolute Gasteiger partial charge is 0.393 e. The van der Waals surface area contributed by atoms with Gasteiger partial charge >= 0.3 is 0 Å². The maximum atomic E-state index is 14.2. The number of likely N-dealkylation sites (tertiary alicyclic amines) is 2. The lowest BCUT2D eigenvalue weighted by Gasteiger charge is -2.44. The molecule has 0 bridgehead atoms. The van der Waals surface area contributed by atoms with Crippen LogP contribution >= 0.6 is 23.4 Å². The van der Waals surface area contributed by atoms with Crippen molar-refractivity contribution < 1.29 is 23.4 Å². The molecule has 1 atom stereocenters. The number of benzene rings is 5. The van der Waals surface area contributed by atoms with E-state index in [9.17, 15) is 23.4 Å². The number of piperazine rings is 1. The topological polar surface area (TPSA) is 134 Å². The van der Waals surface area contributed by atoms with Crippen molar-refractivity contribution in [1.29, 1.82) is 0 Å². The van der Waals surface area contributed by atoms with Crippen LogP contribution in [-0.2, 0) is 17.1 Å². The molecule has 9 rings (SSSR count). The highest BCUT2D eigenvalue weighted by Gasteiger charge is 2.42. The number of β-amino-alcohol motifs (C(OH)–C–C–N with tert-alkyl or cyclic N) is 1. The minimum atomic E-state index is -3.86. The molecule has 4 heterocycles. The first-order valence-corrected chi connectivity index (χ1v) is 27.1. The van der Waals surface area contributed by atoms with Crippen molar-refractivity contribution in [2.24, 2.45) is 7.05 Å². The third-order valence-electron chi connectivity index (χ3n) is 14.0. The van der Waals surface area contributed by atoms with Crippen LogP contribution in [0.2, 0.25) is 5.02 Å². The molecule has 368 valence electrons. The molecule has 0 unspecified atom stereocenters. The number of carbonyl (C=O) groups excluding carboxylic acids is 1. The Hall–Kier alpha value is -5.48. The molecule has 3 aliphatic heterocycles. The fourth-order valence-corrected chi connectivity index (χ4v) is 12.2. The summed E-state index contributed by atoms with van der Waals surface area (Å²) in [6.07, 6.45) is 2.34. The van der Waals surface area contributed by atoms with E-state index in [0.29, 0.717) is 16.3 Å². The number of nitrogens with zero attached hydrogens (tertiary/aromatic N) is 5. The quantitative estimate of drug-likeness (QED) is 0.0696. The van der Waals surface area contributed by atoms with Gasteiger partial charge in [-0.2, -0.15) is 0 Å². The predicted molar refractivity (Wildman–Crippen MR) is 286 cm³/mol. The summed E-state index contributed by atoms with van der Waals surface area (Å²) in [5, 5.41) is 24.9. The van der Waals surface area contributed by atoms with Crippen molar-refractivity contribution >= 4 is 62.0 Å². The van der Waals surface area contributed by atoms with E-state index in [1.54, 1.807) is 24.0 Å². The van der Waals surface area contributed by atoms with Crippen LogP contribution in [0.25, 0.3) is 22.4 Å². The van der Waals surface area contributed by atoms with Crippen molar-refractivity contribution in [2.45, 2.75) is 67.6 Å². The molecule has 12 nitrogen and oxygen atoms in total. The molecule has 1 amide bonds. The molecule has 70 heavy (non-hydrogen) atoms. The van der Waals surface area contributed by atoms with Gasteiger partial charge in [-0.15, -0.1) is 11.8 Å². The normalized spacial score (nSPS) is 17.0. The first-order chi connectivity index (χ1) is 33.6. The minimum Gasteiger partial charge on any atom is -0.393 e. The van der Waals surface area contributed by atoms with Gasteiger partial charge in [0.1, 0.15) is 0 Å². The Morgan fingerprint density at radius 2 is 1.49 bits per heavy atom. The van der Waals surface area contributed by atoms with Crippen LogP contribution in [0.1, 0.15) is 47.8 Å². The van der Waals surface area contributed by atoms with Crippen molar-refractivity contribution in [1.82, 2.24) is 14.4 Å². The standard InChI is InChI=1S/C55H64ClN7O5S2/c1-38-33-49(21-22-50(38)57-44(35-69-48-11-6-5-7-12-48)23-26-60-27-24-47(64)25-28-60)70(67,68)58-43-17-19-45(20-18-43)61-29-31-62(32-30-61)46-10-8-9-41(34-46)52-51(54(65)63-36-55(3,66)37-63)39(2)59(4)53(52)40-13-15-42(56)16-14-40/h5-22,33-34,44,47,57-58,64,66H,23-32,35-37H2,1-4H3/t44-/m1/s1. The maximum Gasteiger partial charge on any atom is 0.261 e. The summed E-state index contributed by atoms with van der Waals surface area (Å²) < 4.78 is 32.4. The highest BCUT2D eigenvalue weighted by molar-refractivity contribution is 7.99. The molecule has 5 aromatic carbocycles. The Labute approximate surface area is 422 Å². The summed E-state index contributed by atoms with van der Waals surface area (Å²) in [4.78, 5) is 24.4. The Kier molecular flexibility index (Phi) is 14.9. The van der Waals surface area contributed by atoms with E-state index in [1.165, 1.54) is 4.90 Å². The molecule has 0 aliphatic carbocycles. The third kappa shape index (κ3) is 11.3. The van der Waals surface area contributed by atoms with Gasteiger partial charge in [-0.3, -0.25) is 9.52 Å². The summed E-state index contributed by atoms with van der Waals surface area (Å²) in [6, 6.07) is 39.5. The number of anilines is 4. The molecule has 0 saturated carbocycles. The van der Waals surface area contributed by atoms with Crippen LogP contribution < -0.4 is 19.8 Å². The van der Waals surface area contributed by atoms with Crippen LogP contribution in [0.3, 0.4) is 0 Å². The molecule has 3 saturated heterocycles. The van der Waals surface area contributed by atoms with Crippen molar-refractivity contribution in [3.05, 3.63) is 143 Å². The number of aryl methyl sites for hydroxylation is 1. The molecular weight excluding hydrogens is 938 g/mol. The summed E-state index contributed by atoms with van der Waals surface area (Å²) in [7, 11) is -1.87. The van der Waals surface area contributed by atoms with Crippen LogP contribution in [0, 0.1) is 13.8 Å². The van der Waals surface area contributed by atoms with Gasteiger partial charge in [0.2, 0.25) is 0 Å². The van der Waals surface area contributed by atoms with E-state index < -0.39 is 15.6 Å². The fourth-order valence-electron chi connectivity index (χ4n) is 9.98. The molecule has 4 N–H and O–H groups in total. The van der Waals surface area contributed by atoms with Gasteiger partial charge in [0, 0.05) is 109 Å². The molecule has 1 aromatic heterocycles. The number of amides is 1. The molecule has 3 fully saturated rings. The van der Waals surface area contributed by atoms with E-state index in [4.69, 9.17) is 11.6 Å². The van der Waals surface area contributed by atoms with Crippen LogP contribution in [0.4, 0.5) is 22.7 Å². The summed E-state index contributed by atoms with van der Waals surface area (Å²) >= 11 is 8.13. The second kappa shape index (κ2) is 21.1. The number of rotatable bonds is 16. The van der Waals surface area contributed by atoms with Gasteiger partial charge in [-0.05, 0) is 136 Å². The number of sulfonamides is 1. The Morgan fingerprint density at radius 1 is 0.814 bits per heavy atom. The number of aliphatic hydroxyl groups excluding tert-OH is 1. The number of piperidine rings is 1. The van der Waals surface area contributed by atoms with E-state index >= 15 is 0 Å². The molecule has 0 radical (unpaired) electrons. The van der Waals surface area contributed by atoms with E-state index in [2.05, 4.69) is 77.8 Å². The van der Waals surface area contributed by atoms with Crippen LogP contribution in [-0.4, -0.2) is 121 Å². The lowest BCUT2D eigenvalue weighted by atomic mass is 9.92. The molecular formula is C55H64ClN7O5S2. The second-order valence-electron chi connectivity index (χ2n) is 19.4. The number of aromatic nitrogens is 1. The lowest BCUT2D eigenvalue weighted by molar-refractivity contribution is -0.0668. The van der Waals surface area contributed by atoms with Crippen molar-refractivity contribution in [2.75, 3.05) is 84.5 Å². The monoisotopic (exact) mass is 1000 g/mol. The summed E-state index contributed by atoms with van der Waals surface area (Å²) in [6.45, 7) is 12.1. The van der Waals surface area contributed by atoms with Gasteiger partial charge < -0.3 is 39.7 Å². The van der Waals surface area contributed by atoms with Gasteiger partial charge in [-0.1, -0.05) is 54.1 Å². The Morgan fingerprint density at radius 3 is 2.14 bits per heavy atom. The fraction of sp³-hybridized carbons (Fsp3) is 0.364. The average Bonchev–Trinajstić information content (AvgIpc) is 3.62. The predicted octanol–water partition coefficient (Wildman–Crippen LogP) is 9.38. The third-order valence-corrected chi connectivity index (χ3v) is 16.9. The van der Waals surface area contributed by atoms with Gasteiger partial charge in [0.05, 0.1) is 40.9 Å². The zero-order valence-corrected chi connectivity index (χ0v) is 42.8. The number of carbonyl (C=O) groups is 1. The van der Waals surface area contributed by atoms with E-state index in [0.717, 1.165) is 122 Å². The zero-order chi connectivity index (χ0) is 49.2. The highest BCUT2D eigenvalue weighted by atomic mass is 35.5. The van der Waals surface area contributed by atoms with E-state index in [1.807, 2.05) is 93.3 Å². The number of aliphatic hydroxyl groups is 2. The number of nitrogens with one attached hydrogen (secondary N) is 2. The number of hydrogen-bond acceptors (Lipinski definition) is 10. The lowest BCUT2D eigenvalue weighted by Crippen LogP contribution is -2.61. The Balaban J connectivity index is 0.840. The second-order valence-corrected chi connectivity index (χ2v) is 22.6. The molecule has 6 aromatic rings. The van der Waals surface area contributed by atoms with E-state index in [-0.39, 0.29) is 36.0 Å². The first-order valence-electron chi connectivity index (χ1n) is 24.3. The van der Waals surface area contributed by atoms with Crippen LogP contribution in [0.5, 0.6) is 0 Å². The SMILES string of the molecule is Cc1cc(S(=O)(=O)Nc2ccc(N3CCN(c4cccc(-c5c(C(=O)N6CC(C)(O)C6)c(C)n(C)c5-c5ccc(Cl)cc5)c4)CC3)cc2)ccc1N[C@H](CCN1CCC(O)CC1)CSc1ccccc1. The molecule has 15 heteroatoms.